The Kier molecular flexibility index (Phi) is 3.22. The standard InChI is InChI=1S/C17H16FN3/c1-11-7-8-12(2)16(9-11)21-17(19)10-15(20-21)13-5-3-4-6-14(13)18/h3-10H,19H2,1-2H3. The van der Waals surface area contributed by atoms with Crippen LogP contribution in [0.3, 0.4) is 0 Å². The fourth-order valence-electron chi connectivity index (χ4n) is 2.34. The third-order valence-electron chi connectivity index (χ3n) is 3.48. The van der Waals surface area contributed by atoms with Crippen molar-refractivity contribution in [1.29, 1.82) is 0 Å². The number of halogens is 1. The lowest BCUT2D eigenvalue weighted by Crippen LogP contribution is -2.04. The number of nitrogens with two attached hydrogens (primary N) is 1. The van der Waals surface area contributed by atoms with Crippen LogP contribution in [0.4, 0.5) is 10.2 Å². The highest BCUT2D eigenvalue weighted by Gasteiger charge is 2.13. The molecule has 0 fully saturated rings. The molecule has 2 aromatic carbocycles. The van der Waals surface area contributed by atoms with Gasteiger partial charge in [-0.25, -0.2) is 9.07 Å². The largest absolute Gasteiger partial charge is 0.384 e. The summed E-state index contributed by atoms with van der Waals surface area (Å²) in [6.07, 6.45) is 0. The first-order valence-corrected chi connectivity index (χ1v) is 6.74. The van der Waals surface area contributed by atoms with Crippen molar-refractivity contribution in [3.05, 3.63) is 65.5 Å². The summed E-state index contributed by atoms with van der Waals surface area (Å²) in [5, 5.41) is 4.46. The molecule has 0 unspecified atom stereocenters. The van der Waals surface area contributed by atoms with Gasteiger partial charge in [-0.3, -0.25) is 0 Å². The quantitative estimate of drug-likeness (QED) is 0.774. The molecule has 0 aliphatic heterocycles. The Hall–Kier alpha value is -2.62. The van der Waals surface area contributed by atoms with Crippen LogP contribution in [-0.2, 0) is 0 Å². The molecule has 0 saturated carbocycles. The first kappa shape index (κ1) is 13.4. The second-order valence-corrected chi connectivity index (χ2v) is 5.14. The van der Waals surface area contributed by atoms with Crippen LogP contribution < -0.4 is 5.73 Å². The minimum absolute atomic E-state index is 0.303. The maximum Gasteiger partial charge on any atom is 0.132 e. The number of rotatable bonds is 2. The van der Waals surface area contributed by atoms with Crippen LogP contribution in [0, 0.1) is 19.7 Å². The molecule has 3 rings (SSSR count). The van der Waals surface area contributed by atoms with Crippen LogP contribution in [0.1, 0.15) is 11.1 Å². The summed E-state index contributed by atoms with van der Waals surface area (Å²) in [7, 11) is 0. The van der Waals surface area contributed by atoms with Gasteiger partial charge >= 0.3 is 0 Å². The molecular weight excluding hydrogens is 265 g/mol. The average molecular weight is 281 g/mol. The summed E-state index contributed by atoms with van der Waals surface area (Å²) in [5.41, 5.74) is 10.1. The highest BCUT2D eigenvalue weighted by atomic mass is 19.1. The van der Waals surface area contributed by atoms with E-state index in [1.54, 1.807) is 28.9 Å². The molecule has 2 N–H and O–H groups in total. The summed E-state index contributed by atoms with van der Waals surface area (Å²) >= 11 is 0. The molecule has 3 aromatic rings. The molecule has 0 atom stereocenters. The Labute approximate surface area is 122 Å². The highest BCUT2D eigenvalue weighted by molar-refractivity contribution is 5.64. The number of anilines is 1. The lowest BCUT2D eigenvalue weighted by Gasteiger charge is -2.08. The maximum absolute atomic E-state index is 13.9. The lowest BCUT2D eigenvalue weighted by atomic mass is 10.1. The van der Waals surface area contributed by atoms with Gasteiger partial charge in [0.25, 0.3) is 0 Å². The van der Waals surface area contributed by atoms with Gasteiger partial charge in [0, 0.05) is 11.6 Å². The molecular formula is C17H16FN3. The van der Waals surface area contributed by atoms with Gasteiger partial charge in [-0.1, -0.05) is 24.3 Å². The van der Waals surface area contributed by atoms with E-state index in [9.17, 15) is 4.39 Å². The van der Waals surface area contributed by atoms with Crippen LogP contribution in [0.2, 0.25) is 0 Å². The first-order valence-electron chi connectivity index (χ1n) is 6.74. The minimum atomic E-state index is -0.303. The monoisotopic (exact) mass is 281 g/mol. The highest BCUT2D eigenvalue weighted by Crippen LogP contribution is 2.26. The molecule has 0 bridgehead atoms. The van der Waals surface area contributed by atoms with E-state index < -0.39 is 0 Å². The number of benzene rings is 2. The number of aromatic nitrogens is 2. The topological polar surface area (TPSA) is 43.8 Å². The Morgan fingerprint density at radius 2 is 1.81 bits per heavy atom. The van der Waals surface area contributed by atoms with E-state index in [0.717, 1.165) is 16.8 Å². The van der Waals surface area contributed by atoms with Crippen LogP contribution >= 0.6 is 0 Å². The van der Waals surface area contributed by atoms with E-state index in [0.29, 0.717) is 17.1 Å². The zero-order valence-corrected chi connectivity index (χ0v) is 12.0. The average Bonchev–Trinajstić information content (AvgIpc) is 2.84. The van der Waals surface area contributed by atoms with E-state index in [4.69, 9.17) is 5.73 Å². The molecule has 0 spiro atoms. The summed E-state index contributed by atoms with van der Waals surface area (Å²) in [5.74, 6) is 0.185. The van der Waals surface area contributed by atoms with Crippen LogP contribution in [-0.4, -0.2) is 9.78 Å². The third-order valence-corrected chi connectivity index (χ3v) is 3.48. The smallest absolute Gasteiger partial charge is 0.132 e. The zero-order chi connectivity index (χ0) is 15.0. The van der Waals surface area contributed by atoms with E-state index in [-0.39, 0.29) is 5.82 Å². The molecule has 0 saturated heterocycles. The van der Waals surface area contributed by atoms with Crippen molar-refractivity contribution < 1.29 is 4.39 Å². The SMILES string of the molecule is Cc1ccc(C)c(-n2nc(-c3ccccc3F)cc2N)c1. The van der Waals surface area contributed by atoms with Gasteiger partial charge in [0.1, 0.15) is 11.6 Å². The zero-order valence-electron chi connectivity index (χ0n) is 12.0. The van der Waals surface area contributed by atoms with Gasteiger partial charge in [-0.2, -0.15) is 5.10 Å². The molecule has 0 aliphatic rings. The van der Waals surface area contributed by atoms with Crippen molar-refractivity contribution >= 4 is 5.82 Å². The Morgan fingerprint density at radius 3 is 2.57 bits per heavy atom. The van der Waals surface area contributed by atoms with Crippen molar-refractivity contribution in [2.45, 2.75) is 13.8 Å². The Morgan fingerprint density at radius 1 is 1.05 bits per heavy atom. The van der Waals surface area contributed by atoms with E-state index in [1.165, 1.54) is 6.07 Å². The van der Waals surface area contributed by atoms with Crippen LogP contribution in [0.25, 0.3) is 16.9 Å². The van der Waals surface area contributed by atoms with Crippen LogP contribution in [0.5, 0.6) is 0 Å². The van der Waals surface area contributed by atoms with Gasteiger partial charge in [0.15, 0.2) is 0 Å². The summed E-state index contributed by atoms with van der Waals surface area (Å²) in [4.78, 5) is 0. The molecule has 1 aromatic heterocycles. The number of nitrogen functional groups attached to an aromatic ring is 1. The molecule has 21 heavy (non-hydrogen) atoms. The van der Waals surface area contributed by atoms with Gasteiger partial charge in [-0.15, -0.1) is 0 Å². The molecule has 0 amide bonds. The third kappa shape index (κ3) is 2.40. The Balaban J connectivity index is 2.15. The van der Waals surface area contributed by atoms with Crippen molar-refractivity contribution in [3.8, 4) is 16.9 Å². The number of nitrogens with zero attached hydrogens (tertiary/aromatic N) is 2. The van der Waals surface area contributed by atoms with Gasteiger partial charge in [-0.05, 0) is 43.2 Å². The van der Waals surface area contributed by atoms with Gasteiger partial charge in [0.05, 0.1) is 11.4 Å². The fourth-order valence-corrected chi connectivity index (χ4v) is 2.34. The van der Waals surface area contributed by atoms with Crippen molar-refractivity contribution in [2.75, 3.05) is 5.73 Å². The molecule has 1 heterocycles. The summed E-state index contributed by atoms with van der Waals surface area (Å²) in [6.45, 7) is 4.01. The maximum atomic E-state index is 13.9. The second-order valence-electron chi connectivity index (χ2n) is 5.14. The van der Waals surface area contributed by atoms with Gasteiger partial charge in [0.2, 0.25) is 0 Å². The number of hydrogen-bond donors (Lipinski definition) is 1. The molecule has 0 aliphatic carbocycles. The van der Waals surface area contributed by atoms with Crippen LogP contribution in [0.15, 0.2) is 48.5 Å². The second kappa shape index (κ2) is 5.05. The number of aryl methyl sites for hydroxylation is 2. The van der Waals surface area contributed by atoms with Crippen molar-refractivity contribution in [1.82, 2.24) is 9.78 Å². The van der Waals surface area contributed by atoms with Crippen molar-refractivity contribution in [2.24, 2.45) is 0 Å². The van der Waals surface area contributed by atoms with Crippen molar-refractivity contribution in [3.63, 3.8) is 0 Å². The molecule has 3 nitrogen and oxygen atoms in total. The molecule has 0 radical (unpaired) electrons. The van der Waals surface area contributed by atoms with E-state index >= 15 is 0 Å². The van der Waals surface area contributed by atoms with Gasteiger partial charge < -0.3 is 5.73 Å². The first-order chi connectivity index (χ1) is 10.1. The van der Waals surface area contributed by atoms with E-state index in [1.807, 2.05) is 32.0 Å². The summed E-state index contributed by atoms with van der Waals surface area (Å²) < 4.78 is 15.5. The normalized spacial score (nSPS) is 10.8. The molecule has 4 heteroatoms. The lowest BCUT2D eigenvalue weighted by molar-refractivity contribution is 0.630. The molecule has 106 valence electrons. The predicted molar refractivity (Wildman–Crippen MR) is 82.8 cm³/mol. The summed E-state index contributed by atoms with van der Waals surface area (Å²) in [6, 6.07) is 14.3. The number of hydrogen-bond acceptors (Lipinski definition) is 2. The fraction of sp³-hybridized carbons (Fsp3) is 0.118. The minimum Gasteiger partial charge on any atom is -0.384 e. The van der Waals surface area contributed by atoms with E-state index in [2.05, 4.69) is 5.10 Å². The predicted octanol–water partition coefficient (Wildman–Crippen LogP) is 3.88. The Bertz CT molecular complexity index is 806.